The zero-order valence-electron chi connectivity index (χ0n) is 29.5. The maximum atomic E-state index is 10.4. The van der Waals surface area contributed by atoms with Crippen LogP contribution < -0.4 is 5.46 Å². The van der Waals surface area contributed by atoms with E-state index in [-0.39, 0.29) is 18.3 Å². The van der Waals surface area contributed by atoms with Gasteiger partial charge in [0.25, 0.3) is 0 Å². The van der Waals surface area contributed by atoms with Crippen LogP contribution in [0.1, 0.15) is 88.3 Å². The Morgan fingerprint density at radius 1 is 0.580 bits per heavy atom. The molecule has 2 unspecified atom stereocenters. The highest BCUT2D eigenvalue weighted by Gasteiger charge is 2.51. The molecule has 5 nitrogen and oxygen atoms in total. The number of hydrogen-bond donors (Lipinski definition) is 0. The van der Waals surface area contributed by atoms with Crippen molar-refractivity contribution < 1.29 is 9.31 Å². The Hall–Kier alpha value is -4.57. The third kappa shape index (κ3) is 6.19. The second-order valence-electron chi connectivity index (χ2n) is 15.6. The Balaban J connectivity index is 0.997. The van der Waals surface area contributed by atoms with E-state index in [9.17, 15) is 5.26 Å². The van der Waals surface area contributed by atoms with Gasteiger partial charge in [0.05, 0.1) is 22.6 Å². The van der Waals surface area contributed by atoms with E-state index in [4.69, 9.17) is 19.3 Å². The van der Waals surface area contributed by atoms with Gasteiger partial charge in [-0.25, -0.2) is 9.97 Å². The monoisotopic (exact) mass is 657 g/mol. The zero-order chi connectivity index (χ0) is 34.5. The molecule has 5 aromatic rings. The standard InChI is InChI=1S/C44H44BN3O2/c1-43(2)44(3,4)50-45(49-43)38-21-19-32(20-22-38)37-26-29-23-30(27-37)25-36(24-29)31-15-17-34(18-16-31)41-39(28-46)40(33-11-7-5-8-12-33)47-42(48-41)35-13-9-6-10-14-35/h5-22,29-30,36-37H,23-27H2,1-4H3. The Labute approximate surface area is 296 Å². The number of aromatic nitrogens is 2. The Bertz CT molecular complexity index is 1990. The summed E-state index contributed by atoms with van der Waals surface area (Å²) in [7, 11) is -0.315. The van der Waals surface area contributed by atoms with Crippen molar-refractivity contribution in [3.05, 3.63) is 126 Å². The van der Waals surface area contributed by atoms with Gasteiger partial charge < -0.3 is 9.31 Å². The molecular formula is C44H44BN3O2. The van der Waals surface area contributed by atoms with Gasteiger partial charge in [-0.05, 0) is 100 Å². The average molecular weight is 658 g/mol. The zero-order valence-corrected chi connectivity index (χ0v) is 29.5. The fourth-order valence-corrected chi connectivity index (χ4v) is 8.51. The van der Waals surface area contributed by atoms with Gasteiger partial charge in [0.15, 0.2) is 5.82 Å². The molecular weight excluding hydrogens is 613 g/mol. The van der Waals surface area contributed by atoms with E-state index in [2.05, 4.69) is 82.3 Å². The third-order valence-electron chi connectivity index (χ3n) is 11.8. The topological polar surface area (TPSA) is 68.0 Å². The Kier molecular flexibility index (Phi) is 8.46. The smallest absolute Gasteiger partial charge is 0.399 e. The summed E-state index contributed by atoms with van der Waals surface area (Å²) in [4.78, 5) is 9.90. The predicted octanol–water partition coefficient (Wildman–Crippen LogP) is 9.73. The van der Waals surface area contributed by atoms with Crippen LogP contribution in [0.4, 0.5) is 0 Å². The van der Waals surface area contributed by atoms with E-state index in [1.165, 1.54) is 43.2 Å². The maximum Gasteiger partial charge on any atom is 0.494 e. The van der Waals surface area contributed by atoms with Crippen LogP contribution in [0, 0.1) is 23.2 Å². The molecule has 250 valence electrons. The lowest BCUT2D eigenvalue weighted by Gasteiger charge is -2.43. The summed E-state index contributed by atoms with van der Waals surface area (Å²) < 4.78 is 12.6. The molecule has 1 aliphatic heterocycles. The van der Waals surface area contributed by atoms with E-state index < -0.39 is 0 Å². The van der Waals surface area contributed by atoms with Crippen LogP contribution in [-0.4, -0.2) is 28.3 Å². The quantitative estimate of drug-likeness (QED) is 0.170. The molecule has 6 heteroatoms. The molecule has 3 fully saturated rings. The summed E-state index contributed by atoms with van der Waals surface area (Å²) in [6.45, 7) is 8.43. The van der Waals surface area contributed by atoms with Crippen molar-refractivity contribution in [1.29, 1.82) is 5.26 Å². The normalized spacial score (nSPS) is 23.7. The second-order valence-corrected chi connectivity index (χ2v) is 15.6. The third-order valence-corrected chi connectivity index (χ3v) is 11.8. The van der Waals surface area contributed by atoms with Crippen molar-refractivity contribution in [1.82, 2.24) is 9.97 Å². The lowest BCUT2D eigenvalue weighted by molar-refractivity contribution is 0.00578. The van der Waals surface area contributed by atoms with Gasteiger partial charge in [-0.15, -0.1) is 0 Å². The van der Waals surface area contributed by atoms with Crippen LogP contribution in [0.2, 0.25) is 0 Å². The van der Waals surface area contributed by atoms with E-state index in [0.29, 0.717) is 34.6 Å². The highest BCUT2D eigenvalue weighted by atomic mass is 16.7. The lowest BCUT2D eigenvalue weighted by Crippen LogP contribution is -2.41. The highest BCUT2D eigenvalue weighted by Crippen LogP contribution is 2.51. The van der Waals surface area contributed by atoms with Crippen molar-refractivity contribution >= 4 is 12.6 Å². The molecule has 2 atom stereocenters. The molecule has 50 heavy (non-hydrogen) atoms. The van der Waals surface area contributed by atoms with Crippen molar-refractivity contribution in [3.8, 4) is 40.0 Å². The number of nitriles is 1. The lowest BCUT2D eigenvalue weighted by atomic mass is 9.62. The van der Waals surface area contributed by atoms with E-state index in [1.807, 2.05) is 60.7 Å². The van der Waals surface area contributed by atoms with E-state index >= 15 is 0 Å². The molecule has 2 bridgehead atoms. The van der Waals surface area contributed by atoms with Crippen molar-refractivity contribution in [2.24, 2.45) is 11.8 Å². The molecule has 3 aliphatic rings. The number of nitrogens with zero attached hydrogens (tertiary/aromatic N) is 3. The van der Waals surface area contributed by atoms with Crippen molar-refractivity contribution in [3.63, 3.8) is 0 Å². The van der Waals surface area contributed by atoms with Gasteiger partial charge in [0.2, 0.25) is 0 Å². The Morgan fingerprint density at radius 3 is 1.50 bits per heavy atom. The minimum atomic E-state index is -0.332. The van der Waals surface area contributed by atoms with Gasteiger partial charge in [-0.3, -0.25) is 0 Å². The fourth-order valence-electron chi connectivity index (χ4n) is 8.51. The summed E-state index contributed by atoms with van der Waals surface area (Å²) in [5.41, 5.74) is 7.92. The molecule has 0 radical (unpaired) electrons. The SMILES string of the molecule is CC1(C)OB(c2ccc(C3CC4CC(C3)CC(c3ccc(-c5nc(-c6ccccc6)nc(-c6ccccc6)c5C#N)cc3)C4)cc2)OC1(C)C. The summed E-state index contributed by atoms with van der Waals surface area (Å²) in [5.74, 6) is 3.25. The van der Waals surface area contributed by atoms with E-state index in [0.717, 1.165) is 34.0 Å². The minimum absolute atomic E-state index is 0.315. The van der Waals surface area contributed by atoms with Gasteiger partial charge >= 0.3 is 7.12 Å². The van der Waals surface area contributed by atoms with Crippen molar-refractivity contribution in [2.45, 2.75) is 82.8 Å². The number of rotatable bonds is 6. The fraction of sp³-hybridized carbons (Fsp3) is 0.341. The largest absolute Gasteiger partial charge is 0.494 e. The number of benzene rings is 4. The van der Waals surface area contributed by atoms with Crippen LogP contribution in [-0.2, 0) is 9.31 Å². The van der Waals surface area contributed by atoms with Crippen LogP contribution >= 0.6 is 0 Å². The molecule has 8 rings (SSSR count). The first-order valence-corrected chi connectivity index (χ1v) is 18.2. The summed E-state index contributed by atoms with van der Waals surface area (Å²) in [6.07, 6.45) is 6.29. The van der Waals surface area contributed by atoms with Gasteiger partial charge in [0, 0.05) is 16.7 Å². The van der Waals surface area contributed by atoms with Crippen LogP contribution in [0.25, 0.3) is 33.9 Å². The van der Waals surface area contributed by atoms with Crippen LogP contribution in [0.5, 0.6) is 0 Å². The van der Waals surface area contributed by atoms with Crippen LogP contribution in [0.15, 0.2) is 109 Å². The van der Waals surface area contributed by atoms with Gasteiger partial charge in [0.1, 0.15) is 11.6 Å². The number of hydrogen-bond acceptors (Lipinski definition) is 5. The van der Waals surface area contributed by atoms with Gasteiger partial charge in [-0.2, -0.15) is 5.26 Å². The van der Waals surface area contributed by atoms with Gasteiger partial charge in [-0.1, -0.05) is 109 Å². The summed E-state index contributed by atoms with van der Waals surface area (Å²) in [5, 5.41) is 10.4. The first kappa shape index (κ1) is 32.6. The van der Waals surface area contributed by atoms with Crippen molar-refractivity contribution in [2.75, 3.05) is 0 Å². The molecule has 0 spiro atoms. The molecule has 1 aromatic heterocycles. The second kappa shape index (κ2) is 13.0. The molecule has 0 N–H and O–H groups in total. The molecule has 2 saturated carbocycles. The maximum absolute atomic E-state index is 10.4. The summed E-state index contributed by atoms with van der Waals surface area (Å²) >= 11 is 0. The highest BCUT2D eigenvalue weighted by molar-refractivity contribution is 6.62. The molecule has 0 amide bonds. The molecule has 2 heterocycles. The first-order chi connectivity index (χ1) is 24.2. The van der Waals surface area contributed by atoms with Crippen LogP contribution in [0.3, 0.4) is 0 Å². The average Bonchev–Trinajstić information content (AvgIpc) is 3.37. The molecule has 4 aromatic carbocycles. The summed E-state index contributed by atoms with van der Waals surface area (Å²) in [6, 6.07) is 40.4. The van der Waals surface area contributed by atoms with E-state index in [1.54, 1.807) is 0 Å². The first-order valence-electron chi connectivity index (χ1n) is 18.2. The predicted molar refractivity (Wildman–Crippen MR) is 201 cm³/mol. The molecule has 1 saturated heterocycles. The number of fused-ring (bicyclic) bond motifs is 2. The Morgan fingerprint density at radius 2 is 1.02 bits per heavy atom. The minimum Gasteiger partial charge on any atom is -0.399 e. The molecule has 2 aliphatic carbocycles.